The molecular weight excluding hydrogens is 224 g/mol. The third kappa shape index (κ3) is 1.87. The van der Waals surface area contributed by atoms with Crippen LogP contribution in [0.2, 0.25) is 0 Å². The molecule has 0 unspecified atom stereocenters. The fraction of sp³-hybridized carbons (Fsp3) is 0.833. The molecule has 1 heterocycles. The van der Waals surface area contributed by atoms with Crippen LogP contribution in [-0.2, 0) is 19.0 Å². The van der Waals surface area contributed by atoms with Crippen molar-refractivity contribution in [2.24, 2.45) is 5.41 Å². The SMILES string of the molecule is CCOC(=O)C1(C)C(C)(C)OC(=O)OC1(C)C. The quantitative estimate of drug-likeness (QED) is 0.697. The second-order valence-electron chi connectivity index (χ2n) is 5.32. The number of esters is 1. The Morgan fingerprint density at radius 1 is 1.12 bits per heavy atom. The average molecular weight is 244 g/mol. The predicted octanol–water partition coefficient (Wildman–Crippen LogP) is 2.28. The standard InChI is InChI=1S/C12H20O5/c1-7-15-8(13)12(6)10(2,3)16-9(14)17-11(12,4)5/h7H2,1-6H3. The Labute approximate surface area is 101 Å². The van der Waals surface area contributed by atoms with Crippen molar-refractivity contribution in [2.45, 2.75) is 52.7 Å². The molecule has 0 saturated carbocycles. The van der Waals surface area contributed by atoms with Gasteiger partial charge in [-0.15, -0.1) is 0 Å². The van der Waals surface area contributed by atoms with Crippen molar-refractivity contribution in [3.05, 3.63) is 0 Å². The molecule has 0 spiro atoms. The Bertz CT molecular complexity index is 323. The summed E-state index contributed by atoms with van der Waals surface area (Å²) in [7, 11) is 0. The first-order chi connectivity index (χ1) is 7.58. The third-order valence-corrected chi connectivity index (χ3v) is 3.77. The smallest absolute Gasteiger partial charge is 0.465 e. The molecular formula is C12H20O5. The lowest BCUT2D eigenvalue weighted by Gasteiger charge is -2.52. The van der Waals surface area contributed by atoms with E-state index in [0.29, 0.717) is 0 Å². The molecule has 0 amide bonds. The Balaban J connectivity index is 3.24. The molecule has 98 valence electrons. The van der Waals surface area contributed by atoms with E-state index in [4.69, 9.17) is 14.2 Å². The van der Waals surface area contributed by atoms with Crippen molar-refractivity contribution in [3.8, 4) is 0 Å². The van der Waals surface area contributed by atoms with Crippen molar-refractivity contribution in [1.29, 1.82) is 0 Å². The van der Waals surface area contributed by atoms with Crippen molar-refractivity contribution in [1.82, 2.24) is 0 Å². The van der Waals surface area contributed by atoms with Crippen LogP contribution in [0, 0.1) is 5.41 Å². The van der Waals surface area contributed by atoms with Crippen LogP contribution in [0.4, 0.5) is 4.79 Å². The first kappa shape index (κ1) is 13.8. The van der Waals surface area contributed by atoms with Gasteiger partial charge in [-0.25, -0.2) is 4.79 Å². The summed E-state index contributed by atoms with van der Waals surface area (Å²) >= 11 is 0. The van der Waals surface area contributed by atoms with Crippen molar-refractivity contribution in [2.75, 3.05) is 6.61 Å². The van der Waals surface area contributed by atoms with Gasteiger partial charge in [-0.3, -0.25) is 4.79 Å². The van der Waals surface area contributed by atoms with Gasteiger partial charge in [-0.2, -0.15) is 0 Å². The van der Waals surface area contributed by atoms with Gasteiger partial charge in [0.25, 0.3) is 0 Å². The molecule has 0 aromatic carbocycles. The molecule has 1 saturated heterocycles. The normalized spacial score (nSPS) is 24.5. The summed E-state index contributed by atoms with van der Waals surface area (Å²) in [4.78, 5) is 23.5. The number of carbonyl (C=O) groups excluding carboxylic acids is 2. The third-order valence-electron chi connectivity index (χ3n) is 3.77. The van der Waals surface area contributed by atoms with E-state index < -0.39 is 28.7 Å². The number of rotatable bonds is 2. The maximum absolute atomic E-state index is 12.2. The van der Waals surface area contributed by atoms with Crippen LogP contribution in [0.15, 0.2) is 0 Å². The molecule has 1 rings (SSSR count). The zero-order chi connectivity index (χ0) is 13.5. The molecule has 0 aliphatic carbocycles. The zero-order valence-electron chi connectivity index (χ0n) is 11.2. The van der Waals surface area contributed by atoms with E-state index in [-0.39, 0.29) is 6.61 Å². The van der Waals surface area contributed by atoms with E-state index in [1.54, 1.807) is 41.5 Å². The fourth-order valence-corrected chi connectivity index (χ4v) is 2.13. The van der Waals surface area contributed by atoms with Gasteiger partial charge in [0.05, 0.1) is 6.61 Å². The lowest BCUT2D eigenvalue weighted by molar-refractivity contribution is -0.236. The van der Waals surface area contributed by atoms with E-state index in [2.05, 4.69) is 0 Å². The van der Waals surface area contributed by atoms with Crippen LogP contribution in [0.1, 0.15) is 41.5 Å². The van der Waals surface area contributed by atoms with Gasteiger partial charge in [0.15, 0.2) is 0 Å². The molecule has 0 atom stereocenters. The number of hydrogen-bond acceptors (Lipinski definition) is 5. The van der Waals surface area contributed by atoms with Crippen LogP contribution >= 0.6 is 0 Å². The summed E-state index contributed by atoms with van der Waals surface area (Å²) in [6, 6.07) is 0. The minimum Gasteiger partial charge on any atom is -0.465 e. The minimum absolute atomic E-state index is 0.272. The summed E-state index contributed by atoms with van der Waals surface area (Å²) in [5.41, 5.74) is -3.04. The number of carbonyl (C=O) groups is 2. The van der Waals surface area contributed by atoms with Gasteiger partial charge in [-0.1, -0.05) is 0 Å². The molecule has 1 aliphatic heterocycles. The highest BCUT2D eigenvalue weighted by atomic mass is 16.8. The first-order valence-corrected chi connectivity index (χ1v) is 5.67. The maximum Gasteiger partial charge on any atom is 0.509 e. The van der Waals surface area contributed by atoms with Gasteiger partial charge in [0.1, 0.15) is 16.6 Å². The molecule has 5 nitrogen and oxygen atoms in total. The second-order valence-corrected chi connectivity index (χ2v) is 5.32. The highest BCUT2D eigenvalue weighted by Gasteiger charge is 2.65. The van der Waals surface area contributed by atoms with E-state index in [1.165, 1.54) is 0 Å². The molecule has 0 radical (unpaired) electrons. The molecule has 17 heavy (non-hydrogen) atoms. The summed E-state index contributed by atoms with van der Waals surface area (Å²) in [6.07, 6.45) is -0.762. The largest absolute Gasteiger partial charge is 0.509 e. The van der Waals surface area contributed by atoms with Crippen LogP contribution in [0.25, 0.3) is 0 Å². The molecule has 5 heteroatoms. The van der Waals surface area contributed by atoms with Crippen molar-refractivity contribution < 1.29 is 23.8 Å². The van der Waals surface area contributed by atoms with Crippen LogP contribution < -0.4 is 0 Å². The average Bonchev–Trinajstić information content (AvgIpc) is 2.12. The van der Waals surface area contributed by atoms with E-state index in [1.807, 2.05) is 0 Å². The van der Waals surface area contributed by atoms with Gasteiger partial charge in [0.2, 0.25) is 0 Å². The highest BCUT2D eigenvalue weighted by molar-refractivity contribution is 5.82. The molecule has 0 aromatic rings. The van der Waals surface area contributed by atoms with Crippen molar-refractivity contribution >= 4 is 12.1 Å². The van der Waals surface area contributed by atoms with Gasteiger partial charge in [-0.05, 0) is 41.5 Å². The van der Waals surface area contributed by atoms with Crippen LogP contribution in [0.5, 0.6) is 0 Å². The Kier molecular flexibility index (Phi) is 3.16. The molecule has 0 N–H and O–H groups in total. The monoisotopic (exact) mass is 244 g/mol. The molecule has 0 aromatic heterocycles. The Morgan fingerprint density at radius 2 is 1.53 bits per heavy atom. The van der Waals surface area contributed by atoms with Crippen molar-refractivity contribution in [3.63, 3.8) is 0 Å². The predicted molar refractivity (Wildman–Crippen MR) is 60.5 cm³/mol. The lowest BCUT2D eigenvalue weighted by Crippen LogP contribution is -2.66. The first-order valence-electron chi connectivity index (χ1n) is 5.67. The summed E-state index contributed by atoms with van der Waals surface area (Å²) < 4.78 is 15.3. The summed E-state index contributed by atoms with van der Waals surface area (Å²) in [5.74, 6) is -0.428. The number of cyclic esters (lactones) is 2. The van der Waals surface area contributed by atoms with Gasteiger partial charge >= 0.3 is 12.1 Å². The summed E-state index contributed by atoms with van der Waals surface area (Å²) in [5, 5.41) is 0. The van der Waals surface area contributed by atoms with Gasteiger partial charge in [0, 0.05) is 0 Å². The molecule has 1 aliphatic rings. The lowest BCUT2D eigenvalue weighted by atomic mass is 9.64. The second kappa shape index (κ2) is 3.89. The molecule has 0 bridgehead atoms. The molecule has 1 fully saturated rings. The number of hydrogen-bond donors (Lipinski definition) is 0. The zero-order valence-corrected chi connectivity index (χ0v) is 11.2. The van der Waals surface area contributed by atoms with E-state index in [0.717, 1.165) is 0 Å². The van der Waals surface area contributed by atoms with E-state index in [9.17, 15) is 9.59 Å². The topological polar surface area (TPSA) is 61.8 Å². The Hall–Kier alpha value is -1.26. The van der Waals surface area contributed by atoms with Gasteiger partial charge < -0.3 is 14.2 Å². The minimum atomic E-state index is -1.07. The number of ether oxygens (including phenoxy) is 3. The van der Waals surface area contributed by atoms with E-state index >= 15 is 0 Å². The maximum atomic E-state index is 12.2. The summed E-state index contributed by atoms with van der Waals surface area (Å²) in [6.45, 7) is 10.4. The fourth-order valence-electron chi connectivity index (χ4n) is 2.13. The highest BCUT2D eigenvalue weighted by Crippen LogP contribution is 2.49. The Morgan fingerprint density at radius 3 is 1.88 bits per heavy atom. The van der Waals surface area contributed by atoms with Crippen LogP contribution in [-0.4, -0.2) is 29.9 Å². The van der Waals surface area contributed by atoms with Crippen LogP contribution in [0.3, 0.4) is 0 Å².